The molecule has 0 unspecified atom stereocenters. The molecule has 3 amide bonds. The van der Waals surface area contributed by atoms with Gasteiger partial charge in [-0.1, -0.05) is 0 Å². The van der Waals surface area contributed by atoms with Crippen molar-refractivity contribution in [3.8, 4) is 0 Å². The molecule has 0 aliphatic rings. The lowest BCUT2D eigenvalue weighted by atomic mass is 10.4. The zero-order chi connectivity index (χ0) is 14.0. The molecule has 0 saturated heterocycles. The second-order valence-corrected chi connectivity index (χ2v) is 5.55. The molecule has 0 saturated carbocycles. The van der Waals surface area contributed by atoms with E-state index >= 15 is 0 Å². The highest BCUT2D eigenvalue weighted by molar-refractivity contribution is 6.18. The zero-order valence-electron chi connectivity index (χ0n) is 11.6. The van der Waals surface area contributed by atoms with Crippen molar-refractivity contribution in [1.82, 2.24) is 14.7 Å². The second kappa shape index (κ2) is 5.31. The van der Waals surface area contributed by atoms with Gasteiger partial charge in [0.2, 0.25) is 17.7 Å². The molecule has 6 nitrogen and oxygen atoms in total. The molecule has 0 N–H and O–H groups in total. The van der Waals surface area contributed by atoms with Crippen LogP contribution in [0.25, 0.3) is 0 Å². The van der Waals surface area contributed by atoms with Gasteiger partial charge in [0.25, 0.3) is 0 Å². The summed E-state index contributed by atoms with van der Waals surface area (Å²) in [6.45, 7) is 4.23. The van der Waals surface area contributed by atoms with Crippen LogP contribution in [0.4, 0.5) is 0 Å². The molecule has 0 bridgehead atoms. The molecule has 0 aromatic rings. The number of rotatable bonds is 3. The Labute approximate surface area is 105 Å². The van der Waals surface area contributed by atoms with Crippen molar-refractivity contribution in [1.29, 1.82) is 0 Å². The van der Waals surface area contributed by atoms with Gasteiger partial charge in [-0.25, -0.2) is 0 Å². The number of nitrogens with zero attached hydrogens (tertiary/aromatic N) is 3. The monoisotopic (exact) mass is 259 g/mol. The Hall–Kier alpha value is -1.37. The highest BCUT2D eigenvalue weighted by atomic mass is 28.1. The summed E-state index contributed by atoms with van der Waals surface area (Å²) in [6.07, 6.45) is 0. The summed E-state index contributed by atoms with van der Waals surface area (Å²) in [7, 11) is 5.20. The summed E-state index contributed by atoms with van der Waals surface area (Å²) in [5, 5.41) is 0. The number of amides is 3. The first-order valence-electron chi connectivity index (χ1n) is 5.30. The molecular weight excluding hydrogens is 238 g/mol. The summed E-state index contributed by atoms with van der Waals surface area (Å²) in [4.78, 5) is 38.8. The Morgan fingerprint density at radius 3 is 1.06 bits per heavy atom. The van der Waals surface area contributed by atoms with E-state index in [9.17, 15) is 14.4 Å². The van der Waals surface area contributed by atoms with Crippen molar-refractivity contribution in [3.05, 3.63) is 0 Å². The van der Waals surface area contributed by atoms with Crippen LogP contribution in [-0.2, 0) is 14.4 Å². The van der Waals surface area contributed by atoms with Crippen LogP contribution in [0.1, 0.15) is 20.8 Å². The first-order valence-corrected chi connectivity index (χ1v) is 6.30. The van der Waals surface area contributed by atoms with Crippen LogP contribution in [0.5, 0.6) is 0 Å². The molecule has 0 heterocycles. The molecule has 7 heteroatoms. The van der Waals surface area contributed by atoms with E-state index in [4.69, 9.17) is 0 Å². The maximum absolute atomic E-state index is 11.5. The van der Waals surface area contributed by atoms with Crippen LogP contribution in [-0.4, -0.2) is 69.2 Å². The fourth-order valence-corrected chi connectivity index (χ4v) is 2.51. The van der Waals surface area contributed by atoms with Gasteiger partial charge in [0.15, 0.2) is 5.41 Å². The average Bonchev–Trinajstić information content (AvgIpc) is 2.24. The third-order valence-electron chi connectivity index (χ3n) is 3.32. The minimum absolute atomic E-state index is 0.193. The Morgan fingerprint density at radius 2 is 0.941 bits per heavy atom. The van der Waals surface area contributed by atoms with E-state index in [-0.39, 0.29) is 17.7 Å². The summed E-state index contributed by atoms with van der Waals surface area (Å²) in [5.41, 5.74) is -0.969. The zero-order valence-corrected chi connectivity index (χ0v) is 13.6. The molecule has 0 aromatic carbocycles. The quantitative estimate of drug-likeness (QED) is 0.453. The summed E-state index contributed by atoms with van der Waals surface area (Å²) >= 11 is 0. The third kappa shape index (κ3) is 2.85. The van der Waals surface area contributed by atoms with Gasteiger partial charge < -0.3 is 14.7 Å². The number of hydrogen-bond acceptors (Lipinski definition) is 3. The van der Waals surface area contributed by atoms with Gasteiger partial charge >= 0.3 is 0 Å². The molecule has 0 rings (SSSR count). The van der Waals surface area contributed by atoms with E-state index in [1.807, 2.05) is 0 Å². The van der Waals surface area contributed by atoms with Crippen molar-refractivity contribution >= 4 is 28.0 Å². The van der Waals surface area contributed by atoms with E-state index in [1.165, 1.54) is 35.5 Å². The molecule has 0 radical (unpaired) electrons. The molecule has 0 fully saturated rings. The van der Waals surface area contributed by atoms with E-state index in [0.717, 1.165) is 0 Å². The van der Waals surface area contributed by atoms with Crippen LogP contribution < -0.4 is 0 Å². The minimum atomic E-state index is -0.969. The van der Waals surface area contributed by atoms with Crippen LogP contribution in [0.15, 0.2) is 0 Å². The maximum atomic E-state index is 11.5. The predicted octanol–water partition coefficient (Wildman–Crippen LogP) is -1.60. The molecule has 17 heavy (non-hydrogen) atoms. The number of hydrogen-bond donors (Lipinski definition) is 0. The molecule has 98 valence electrons. The maximum Gasteiger partial charge on any atom is 0.222 e. The lowest BCUT2D eigenvalue weighted by molar-refractivity contribution is -0.163. The van der Waals surface area contributed by atoms with Gasteiger partial charge in [0.05, 0.1) is 10.2 Å². The van der Waals surface area contributed by atoms with Gasteiger partial charge in [-0.3, -0.25) is 14.4 Å². The fourth-order valence-electron chi connectivity index (χ4n) is 1.57. The fraction of sp³-hybridized carbons (Fsp3) is 0.700. The lowest BCUT2D eigenvalue weighted by Gasteiger charge is -2.50. The molecule has 0 aliphatic heterocycles. The second-order valence-electron chi connectivity index (χ2n) is 4.20. The van der Waals surface area contributed by atoms with E-state index in [1.54, 1.807) is 21.1 Å². The molecule has 0 aromatic heterocycles. The normalized spacial score (nSPS) is 10.9. The lowest BCUT2D eigenvalue weighted by Crippen LogP contribution is -2.70. The minimum Gasteiger partial charge on any atom is -0.310 e. The summed E-state index contributed by atoms with van der Waals surface area (Å²) < 4.78 is 0. The van der Waals surface area contributed by atoms with Gasteiger partial charge in [0.1, 0.15) is 0 Å². The highest BCUT2D eigenvalue weighted by Gasteiger charge is 2.41. The molecule has 0 spiro atoms. The van der Waals surface area contributed by atoms with Crippen molar-refractivity contribution in [2.24, 2.45) is 0 Å². The van der Waals surface area contributed by atoms with Crippen LogP contribution in [0.3, 0.4) is 0 Å². The highest BCUT2D eigenvalue weighted by Crippen LogP contribution is 2.19. The first-order chi connectivity index (χ1) is 7.56. The number of carbonyl (C=O) groups is 3. The predicted molar refractivity (Wildman–Crippen MR) is 68.0 cm³/mol. The van der Waals surface area contributed by atoms with Gasteiger partial charge in [-0.2, -0.15) is 0 Å². The molecule has 0 atom stereocenters. The van der Waals surface area contributed by atoms with Gasteiger partial charge in [-0.05, 0) is 0 Å². The smallest absolute Gasteiger partial charge is 0.222 e. The van der Waals surface area contributed by atoms with Gasteiger partial charge in [0, 0.05) is 41.9 Å². The van der Waals surface area contributed by atoms with E-state index < -0.39 is 5.41 Å². The number of carbonyl (C=O) groups excluding carboxylic acids is 3. The topological polar surface area (TPSA) is 60.9 Å². The largest absolute Gasteiger partial charge is 0.310 e. The summed E-state index contributed by atoms with van der Waals surface area (Å²) in [6, 6.07) is 0. The SMILES string of the molecule is CC(=O)N(C)C([SiH3])(N(C)C(C)=O)N(C)C(C)=O. The first kappa shape index (κ1) is 15.6. The van der Waals surface area contributed by atoms with Crippen molar-refractivity contribution in [3.63, 3.8) is 0 Å². The molecule has 0 aliphatic carbocycles. The Kier molecular flexibility index (Phi) is 4.88. The van der Waals surface area contributed by atoms with Crippen molar-refractivity contribution < 1.29 is 14.4 Å². The Bertz CT molecular complexity index is 295. The molecular formula is C10H21N3O3Si. The van der Waals surface area contributed by atoms with Crippen LogP contribution in [0, 0.1) is 0 Å². The Balaban J connectivity index is 5.58. The Morgan fingerprint density at radius 1 is 0.765 bits per heavy atom. The van der Waals surface area contributed by atoms with Crippen LogP contribution in [0.2, 0.25) is 0 Å². The van der Waals surface area contributed by atoms with E-state index in [2.05, 4.69) is 0 Å². The van der Waals surface area contributed by atoms with Crippen molar-refractivity contribution in [2.45, 2.75) is 26.2 Å². The standard InChI is InChI=1S/C10H21N3O3Si/c1-7(14)11(4)10(17,12(5)8(2)15)13(6)9(3)16/h1-6,17H3. The van der Waals surface area contributed by atoms with Crippen LogP contribution >= 0.6 is 0 Å². The summed E-state index contributed by atoms with van der Waals surface area (Å²) in [5.74, 6) is -0.580. The van der Waals surface area contributed by atoms with E-state index in [0.29, 0.717) is 10.2 Å². The average molecular weight is 259 g/mol. The third-order valence-corrected chi connectivity index (χ3v) is 5.34. The van der Waals surface area contributed by atoms with Crippen molar-refractivity contribution in [2.75, 3.05) is 21.1 Å². The van der Waals surface area contributed by atoms with Gasteiger partial charge in [-0.15, -0.1) is 0 Å².